The number of nitrogens with zero attached hydrogens (tertiary/aromatic N) is 1. The second-order valence-electron chi connectivity index (χ2n) is 5.41. The van der Waals surface area contributed by atoms with Gasteiger partial charge in [-0.3, -0.25) is 9.59 Å². The van der Waals surface area contributed by atoms with Gasteiger partial charge in [0.2, 0.25) is 5.91 Å². The number of carboxylic acids is 1. The third kappa shape index (κ3) is 4.02. The van der Waals surface area contributed by atoms with Gasteiger partial charge in [0.05, 0.1) is 5.92 Å². The minimum atomic E-state index is -0.845. The SMILES string of the molecule is CC1CCC(C(=O)N(C)CC(C)C(=O)O)CC1. The van der Waals surface area contributed by atoms with Gasteiger partial charge in [0.1, 0.15) is 0 Å². The van der Waals surface area contributed by atoms with E-state index in [1.807, 2.05) is 0 Å². The van der Waals surface area contributed by atoms with E-state index in [-0.39, 0.29) is 11.8 Å². The highest BCUT2D eigenvalue weighted by molar-refractivity contribution is 5.79. The number of carbonyl (C=O) groups excluding carboxylic acids is 1. The Balaban J connectivity index is 2.43. The second-order valence-corrected chi connectivity index (χ2v) is 5.41. The van der Waals surface area contributed by atoms with Crippen molar-refractivity contribution in [2.45, 2.75) is 39.5 Å². The molecule has 0 bridgehead atoms. The van der Waals surface area contributed by atoms with Gasteiger partial charge in [-0.2, -0.15) is 0 Å². The van der Waals surface area contributed by atoms with Crippen LogP contribution in [0, 0.1) is 17.8 Å². The van der Waals surface area contributed by atoms with Gasteiger partial charge in [-0.1, -0.05) is 13.8 Å². The average Bonchev–Trinajstić information content (AvgIpc) is 2.28. The van der Waals surface area contributed by atoms with E-state index in [4.69, 9.17) is 5.11 Å². The molecule has 0 radical (unpaired) electrons. The molecule has 0 aromatic carbocycles. The molecule has 1 amide bonds. The number of aliphatic carboxylic acids is 1. The van der Waals surface area contributed by atoms with Crippen molar-refractivity contribution in [1.82, 2.24) is 4.90 Å². The van der Waals surface area contributed by atoms with Crippen LogP contribution in [-0.2, 0) is 9.59 Å². The van der Waals surface area contributed by atoms with E-state index >= 15 is 0 Å². The summed E-state index contributed by atoms with van der Waals surface area (Å²) in [6.45, 7) is 4.16. The molecule has 1 aliphatic rings. The average molecular weight is 241 g/mol. The predicted octanol–water partition coefficient (Wildman–Crippen LogP) is 1.99. The molecular weight excluding hydrogens is 218 g/mol. The molecule has 0 heterocycles. The first-order valence-corrected chi connectivity index (χ1v) is 6.39. The standard InChI is InChI=1S/C13H23NO3/c1-9-4-6-11(7-5-9)12(15)14(3)8-10(2)13(16)17/h9-11H,4-8H2,1-3H3,(H,16,17). The molecule has 4 nitrogen and oxygen atoms in total. The lowest BCUT2D eigenvalue weighted by molar-refractivity contribution is -0.143. The van der Waals surface area contributed by atoms with Gasteiger partial charge in [-0.15, -0.1) is 0 Å². The monoisotopic (exact) mass is 241 g/mol. The summed E-state index contributed by atoms with van der Waals surface area (Å²) in [7, 11) is 1.71. The van der Waals surface area contributed by atoms with E-state index in [1.54, 1.807) is 18.9 Å². The van der Waals surface area contributed by atoms with Gasteiger partial charge >= 0.3 is 5.97 Å². The van der Waals surface area contributed by atoms with Crippen molar-refractivity contribution in [3.8, 4) is 0 Å². The van der Waals surface area contributed by atoms with Crippen molar-refractivity contribution in [3.63, 3.8) is 0 Å². The summed E-state index contributed by atoms with van der Waals surface area (Å²) in [4.78, 5) is 24.4. The molecule has 1 unspecified atom stereocenters. The number of hydrogen-bond donors (Lipinski definition) is 1. The van der Waals surface area contributed by atoms with Crippen molar-refractivity contribution in [2.24, 2.45) is 17.8 Å². The predicted molar refractivity (Wildman–Crippen MR) is 65.6 cm³/mol. The Bertz CT molecular complexity index is 282. The van der Waals surface area contributed by atoms with Crippen LogP contribution in [0.25, 0.3) is 0 Å². The highest BCUT2D eigenvalue weighted by atomic mass is 16.4. The summed E-state index contributed by atoms with van der Waals surface area (Å²) in [5, 5.41) is 8.82. The topological polar surface area (TPSA) is 57.6 Å². The van der Waals surface area contributed by atoms with Gasteiger partial charge in [0.15, 0.2) is 0 Å². The molecule has 1 saturated carbocycles. The Morgan fingerprint density at radius 1 is 1.29 bits per heavy atom. The number of hydrogen-bond acceptors (Lipinski definition) is 2. The van der Waals surface area contributed by atoms with Crippen molar-refractivity contribution >= 4 is 11.9 Å². The maximum atomic E-state index is 12.1. The van der Waals surface area contributed by atoms with Gasteiger partial charge in [-0.05, 0) is 31.6 Å². The number of rotatable bonds is 4. The molecule has 0 spiro atoms. The van der Waals surface area contributed by atoms with Crippen molar-refractivity contribution in [3.05, 3.63) is 0 Å². The second kappa shape index (κ2) is 6.03. The van der Waals surface area contributed by atoms with Crippen LogP contribution in [0.5, 0.6) is 0 Å². The Hall–Kier alpha value is -1.06. The van der Waals surface area contributed by atoms with Crippen LogP contribution in [0.2, 0.25) is 0 Å². The van der Waals surface area contributed by atoms with Crippen LogP contribution in [0.1, 0.15) is 39.5 Å². The summed E-state index contributed by atoms with van der Waals surface area (Å²) in [5.41, 5.74) is 0. The lowest BCUT2D eigenvalue weighted by Gasteiger charge is -2.29. The third-order valence-electron chi connectivity index (χ3n) is 3.71. The van der Waals surface area contributed by atoms with E-state index in [0.29, 0.717) is 6.54 Å². The molecule has 1 N–H and O–H groups in total. The summed E-state index contributed by atoms with van der Waals surface area (Å²) < 4.78 is 0. The molecule has 1 aliphatic carbocycles. The molecule has 17 heavy (non-hydrogen) atoms. The van der Waals surface area contributed by atoms with Crippen molar-refractivity contribution in [2.75, 3.05) is 13.6 Å². The van der Waals surface area contributed by atoms with E-state index < -0.39 is 11.9 Å². The van der Waals surface area contributed by atoms with Crippen molar-refractivity contribution in [1.29, 1.82) is 0 Å². The van der Waals surface area contributed by atoms with Crippen LogP contribution in [0.3, 0.4) is 0 Å². The van der Waals surface area contributed by atoms with Gasteiger partial charge in [0, 0.05) is 19.5 Å². The summed E-state index contributed by atoms with van der Waals surface area (Å²) in [5.74, 6) is -0.391. The van der Waals surface area contributed by atoms with Crippen LogP contribution in [0.4, 0.5) is 0 Å². The minimum Gasteiger partial charge on any atom is -0.481 e. The van der Waals surface area contributed by atoms with Gasteiger partial charge < -0.3 is 10.0 Å². The molecule has 1 atom stereocenters. The maximum absolute atomic E-state index is 12.1. The van der Waals surface area contributed by atoms with Gasteiger partial charge in [-0.25, -0.2) is 0 Å². The summed E-state index contributed by atoms with van der Waals surface area (Å²) in [6.07, 6.45) is 4.12. The highest BCUT2D eigenvalue weighted by Gasteiger charge is 2.27. The zero-order chi connectivity index (χ0) is 13.0. The largest absolute Gasteiger partial charge is 0.481 e. The smallest absolute Gasteiger partial charge is 0.308 e. The fourth-order valence-electron chi connectivity index (χ4n) is 2.40. The first-order valence-electron chi connectivity index (χ1n) is 6.39. The van der Waals surface area contributed by atoms with Gasteiger partial charge in [0.25, 0.3) is 0 Å². The third-order valence-corrected chi connectivity index (χ3v) is 3.71. The molecular formula is C13H23NO3. The zero-order valence-electron chi connectivity index (χ0n) is 11.0. The lowest BCUT2D eigenvalue weighted by atomic mass is 9.82. The van der Waals surface area contributed by atoms with E-state index in [1.165, 1.54) is 0 Å². The maximum Gasteiger partial charge on any atom is 0.308 e. The Morgan fingerprint density at radius 2 is 1.82 bits per heavy atom. The molecule has 0 saturated heterocycles. The molecule has 4 heteroatoms. The van der Waals surface area contributed by atoms with Crippen molar-refractivity contribution < 1.29 is 14.7 Å². The Labute approximate surface area is 103 Å². The molecule has 1 fully saturated rings. The van der Waals surface area contributed by atoms with E-state index in [2.05, 4.69) is 6.92 Å². The summed E-state index contributed by atoms with van der Waals surface area (Å²) in [6, 6.07) is 0. The Morgan fingerprint density at radius 3 is 2.29 bits per heavy atom. The van der Waals surface area contributed by atoms with Crippen LogP contribution < -0.4 is 0 Å². The number of carboxylic acid groups (broad SMARTS) is 1. The van der Waals surface area contributed by atoms with Crippen LogP contribution in [-0.4, -0.2) is 35.5 Å². The molecule has 0 aromatic heterocycles. The fraction of sp³-hybridized carbons (Fsp3) is 0.846. The molecule has 0 aromatic rings. The summed E-state index contributed by atoms with van der Waals surface area (Å²) >= 11 is 0. The first kappa shape index (κ1) is 14.0. The normalized spacial score (nSPS) is 26.3. The Kier molecular flexibility index (Phi) is 4.97. The number of amides is 1. The quantitative estimate of drug-likeness (QED) is 0.819. The molecule has 0 aliphatic heterocycles. The zero-order valence-corrected chi connectivity index (χ0v) is 11.0. The lowest BCUT2D eigenvalue weighted by Crippen LogP contribution is -2.38. The van der Waals surface area contributed by atoms with Crippen LogP contribution in [0.15, 0.2) is 0 Å². The fourth-order valence-corrected chi connectivity index (χ4v) is 2.40. The molecule has 98 valence electrons. The first-order chi connectivity index (χ1) is 7.91. The minimum absolute atomic E-state index is 0.109. The van der Waals surface area contributed by atoms with Crippen LogP contribution >= 0.6 is 0 Å². The molecule has 1 rings (SSSR count). The highest BCUT2D eigenvalue weighted by Crippen LogP contribution is 2.29. The van der Waals surface area contributed by atoms with E-state index in [0.717, 1.165) is 31.6 Å². The number of carbonyl (C=O) groups is 2. The van der Waals surface area contributed by atoms with E-state index in [9.17, 15) is 9.59 Å².